The molecule has 1 amide bonds. The third-order valence-corrected chi connectivity index (χ3v) is 2.24. The number of hydrogen-bond donors (Lipinski definition) is 2. The van der Waals surface area contributed by atoms with Crippen LogP contribution < -0.4 is 11.5 Å². The predicted octanol–water partition coefficient (Wildman–Crippen LogP) is 0.963. The van der Waals surface area contributed by atoms with Crippen LogP contribution in [0.4, 0.5) is 5.69 Å². The SMILES string of the molecule is CC(CC(=O)c1ccccc1N)C(N)=O. The van der Waals surface area contributed by atoms with E-state index >= 15 is 0 Å². The zero-order valence-electron chi connectivity index (χ0n) is 8.57. The van der Waals surface area contributed by atoms with E-state index < -0.39 is 11.8 Å². The molecule has 15 heavy (non-hydrogen) atoms. The van der Waals surface area contributed by atoms with Crippen LogP contribution in [0.1, 0.15) is 23.7 Å². The van der Waals surface area contributed by atoms with Crippen LogP contribution in [0, 0.1) is 5.92 Å². The van der Waals surface area contributed by atoms with E-state index in [1.54, 1.807) is 31.2 Å². The maximum Gasteiger partial charge on any atom is 0.220 e. The summed E-state index contributed by atoms with van der Waals surface area (Å²) in [5.74, 6) is -1.09. The Morgan fingerprint density at radius 3 is 2.47 bits per heavy atom. The highest BCUT2D eigenvalue weighted by Crippen LogP contribution is 2.15. The van der Waals surface area contributed by atoms with Crippen molar-refractivity contribution in [3.8, 4) is 0 Å². The summed E-state index contributed by atoms with van der Waals surface area (Å²) in [5.41, 5.74) is 11.6. The van der Waals surface area contributed by atoms with Gasteiger partial charge in [-0.1, -0.05) is 19.1 Å². The van der Waals surface area contributed by atoms with Crippen molar-refractivity contribution < 1.29 is 9.59 Å². The standard InChI is InChI=1S/C11H14N2O2/c1-7(11(13)15)6-10(14)8-4-2-3-5-9(8)12/h2-5,7H,6,12H2,1H3,(H2,13,15). The summed E-state index contributed by atoms with van der Waals surface area (Å²) in [7, 11) is 0. The number of anilines is 1. The van der Waals surface area contributed by atoms with E-state index in [-0.39, 0.29) is 12.2 Å². The first-order valence-corrected chi connectivity index (χ1v) is 4.69. The summed E-state index contributed by atoms with van der Waals surface area (Å²) in [6.07, 6.45) is 0.101. The Balaban J connectivity index is 2.78. The van der Waals surface area contributed by atoms with Crippen molar-refractivity contribution in [1.29, 1.82) is 0 Å². The van der Waals surface area contributed by atoms with E-state index in [1.807, 2.05) is 0 Å². The number of para-hydroxylation sites is 1. The van der Waals surface area contributed by atoms with Crippen LogP contribution >= 0.6 is 0 Å². The molecular formula is C11H14N2O2. The van der Waals surface area contributed by atoms with Crippen LogP contribution in [-0.2, 0) is 4.79 Å². The number of benzene rings is 1. The van der Waals surface area contributed by atoms with Gasteiger partial charge in [0.25, 0.3) is 0 Å². The van der Waals surface area contributed by atoms with Crippen molar-refractivity contribution in [2.24, 2.45) is 11.7 Å². The van der Waals surface area contributed by atoms with Gasteiger partial charge in [-0.15, -0.1) is 0 Å². The molecule has 0 bridgehead atoms. The Kier molecular flexibility index (Phi) is 3.44. The Labute approximate surface area is 88.3 Å². The first-order valence-electron chi connectivity index (χ1n) is 4.69. The van der Waals surface area contributed by atoms with Gasteiger partial charge in [-0.3, -0.25) is 9.59 Å². The van der Waals surface area contributed by atoms with Gasteiger partial charge in [0, 0.05) is 23.6 Å². The van der Waals surface area contributed by atoms with Crippen LogP contribution in [0.2, 0.25) is 0 Å². The third-order valence-electron chi connectivity index (χ3n) is 2.24. The number of rotatable bonds is 4. The Morgan fingerprint density at radius 2 is 1.93 bits per heavy atom. The van der Waals surface area contributed by atoms with E-state index in [4.69, 9.17) is 11.5 Å². The lowest BCUT2D eigenvalue weighted by atomic mass is 9.98. The molecule has 0 fully saturated rings. The number of carbonyl (C=O) groups is 2. The maximum atomic E-state index is 11.7. The second kappa shape index (κ2) is 4.59. The van der Waals surface area contributed by atoms with Gasteiger partial charge in [0.1, 0.15) is 0 Å². The number of hydrogen-bond acceptors (Lipinski definition) is 3. The van der Waals surface area contributed by atoms with Gasteiger partial charge >= 0.3 is 0 Å². The highest BCUT2D eigenvalue weighted by Gasteiger charge is 2.16. The smallest absolute Gasteiger partial charge is 0.220 e. The van der Waals surface area contributed by atoms with E-state index in [2.05, 4.69) is 0 Å². The topological polar surface area (TPSA) is 86.2 Å². The lowest BCUT2D eigenvalue weighted by Crippen LogP contribution is -2.23. The molecule has 1 atom stereocenters. The normalized spacial score (nSPS) is 12.1. The lowest BCUT2D eigenvalue weighted by Gasteiger charge is -2.07. The van der Waals surface area contributed by atoms with Gasteiger partial charge in [-0.05, 0) is 12.1 Å². The molecule has 0 aromatic heterocycles. The molecule has 4 heteroatoms. The Bertz CT molecular complexity index is 388. The van der Waals surface area contributed by atoms with Crippen molar-refractivity contribution in [2.75, 3.05) is 5.73 Å². The van der Waals surface area contributed by atoms with E-state index in [0.29, 0.717) is 11.3 Å². The average Bonchev–Trinajstić information content (AvgIpc) is 2.18. The van der Waals surface area contributed by atoms with E-state index in [0.717, 1.165) is 0 Å². The molecular weight excluding hydrogens is 192 g/mol. The van der Waals surface area contributed by atoms with Crippen molar-refractivity contribution in [3.63, 3.8) is 0 Å². The summed E-state index contributed by atoms with van der Waals surface area (Å²) < 4.78 is 0. The van der Waals surface area contributed by atoms with Gasteiger partial charge in [0.15, 0.2) is 5.78 Å². The molecule has 0 aliphatic rings. The van der Waals surface area contributed by atoms with Crippen LogP contribution in [0.15, 0.2) is 24.3 Å². The molecule has 4 N–H and O–H groups in total. The minimum Gasteiger partial charge on any atom is -0.398 e. The molecule has 0 saturated heterocycles. The Hall–Kier alpha value is -1.84. The quantitative estimate of drug-likeness (QED) is 0.568. The minimum absolute atomic E-state index is 0.101. The fourth-order valence-corrected chi connectivity index (χ4v) is 1.24. The Morgan fingerprint density at radius 1 is 1.33 bits per heavy atom. The monoisotopic (exact) mass is 206 g/mol. The average molecular weight is 206 g/mol. The van der Waals surface area contributed by atoms with Crippen LogP contribution in [0.25, 0.3) is 0 Å². The number of primary amides is 1. The minimum atomic E-state index is -0.474. The van der Waals surface area contributed by atoms with E-state index in [9.17, 15) is 9.59 Å². The molecule has 0 spiro atoms. The molecule has 0 radical (unpaired) electrons. The highest BCUT2D eigenvalue weighted by molar-refractivity contribution is 6.02. The van der Waals surface area contributed by atoms with Crippen LogP contribution in [-0.4, -0.2) is 11.7 Å². The molecule has 1 unspecified atom stereocenters. The molecule has 1 aromatic rings. The lowest BCUT2D eigenvalue weighted by molar-refractivity contribution is -0.121. The zero-order valence-corrected chi connectivity index (χ0v) is 8.57. The first kappa shape index (κ1) is 11.2. The maximum absolute atomic E-state index is 11.7. The number of Topliss-reactive ketones (excluding diaryl/α,β-unsaturated/α-hetero) is 1. The van der Waals surface area contributed by atoms with Crippen molar-refractivity contribution in [3.05, 3.63) is 29.8 Å². The first-order chi connectivity index (χ1) is 7.02. The molecule has 0 saturated carbocycles. The van der Waals surface area contributed by atoms with Crippen molar-refractivity contribution >= 4 is 17.4 Å². The molecule has 0 heterocycles. The third kappa shape index (κ3) is 2.80. The van der Waals surface area contributed by atoms with E-state index in [1.165, 1.54) is 0 Å². The van der Waals surface area contributed by atoms with Crippen molar-refractivity contribution in [2.45, 2.75) is 13.3 Å². The fourth-order valence-electron chi connectivity index (χ4n) is 1.24. The number of amides is 1. The van der Waals surface area contributed by atoms with Crippen LogP contribution in [0.5, 0.6) is 0 Å². The molecule has 0 aliphatic carbocycles. The summed E-state index contributed by atoms with van der Waals surface area (Å²) >= 11 is 0. The predicted molar refractivity (Wildman–Crippen MR) is 58.2 cm³/mol. The number of carbonyl (C=O) groups excluding carboxylic acids is 2. The summed E-state index contributed by atoms with van der Waals surface area (Å²) in [6.45, 7) is 1.62. The molecule has 80 valence electrons. The van der Waals surface area contributed by atoms with Gasteiger partial charge in [0.2, 0.25) is 5.91 Å². The molecule has 0 aliphatic heterocycles. The second-order valence-corrected chi connectivity index (χ2v) is 3.52. The number of nitrogen functional groups attached to an aromatic ring is 1. The molecule has 1 aromatic carbocycles. The summed E-state index contributed by atoms with van der Waals surface area (Å²) in [4.78, 5) is 22.5. The van der Waals surface area contributed by atoms with Gasteiger partial charge in [0.05, 0.1) is 0 Å². The van der Waals surface area contributed by atoms with Gasteiger partial charge in [-0.25, -0.2) is 0 Å². The van der Waals surface area contributed by atoms with Gasteiger partial charge in [-0.2, -0.15) is 0 Å². The zero-order chi connectivity index (χ0) is 11.4. The highest BCUT2D eigenvalue weighted by atomic mass is 16.1. The van der Waals surface area contributed by atoms with Crippen molar-refractivity contribution in [1.82, 2.24) is 0 Å². The summed E-state index contributed by atoms with van der Waals surface area (Å²) in [6, 6.07) is 6.79. The summed E-state index contributed by atoms with van der Waals surface area (Å²) in [5, 5.41) is 0. The second-order valence-electron chi connectivity index (χ2n) is 3.52. The number of ketones is 1. The van der Waals surface area contributed by atoms with Gasteiger partial charge < -0.3 is 11.5 Å². The molecule has 4 nitrogen and oxygen atoms in total. The fraction of sp³-hybridized carbons (Fsp3) is 0.273. The number of nitrogens with two attached hydrogens (primary N) is 2. The van der Waals surface area contributed by atoms with Crippen LogP contribution in [0.3, 0.4) is 0 Å². The molecule has 1 rings (SSSR count). The largest absolute Gasteiger partial charge is 0.398 e.